The van der Waals surface area contributed by atoms with E-state index >= 15 is 0 Å². The van der Waals surface area contributed by atoms with Gasteiger partial charge < -0.3 is 4.98 Å². The Morgan fingerprint density at radius 3 is 2.65 bits per heavy atom. The summed E-state index contributed by atoms with van der Waals surface area (Å²) in [6.45, 7) is 4.45. The molecule has 8 heteroatoms. The van der Waals surface area contributed by atoms with Crippen LogP contribution in [0.3, 0.4) is 0 Å². The Bertz CT molecular complexity index is 1500. The van der Waals surface area contributed by atoms with Crippen molar-refractivity contribution < 1.29 is 4.79 Å². The lowest BCUT2D eigenvalue weighted by Crippen LogP contribution is -2.23. The van der Waals surface area contributed by atoms with Gasteiger partial charge in [0.05, 0.1) is 16.2 Å². The fraction of sp³-hybridized carbons (Fsp3) is 0.217. The maximum Gasteiger partial charge on any atom is 0.262 e. The lowest BCUT2D eigenvalue weighted by Gasteiger charge is -2.12. The number of thioether (sulfide) groups is 1. The molecule has 156 valence electrons. The minimum atomic E-state index is -0.378. The molecule has 0 aliphatic heterocycles. The highest BCUT2D eigenvalue weighted by Gasteiger charge is 2.23. The molecule has 1 atom stereocenters. The van der Waals surface area contributed by atoms with Gasteiger partial charge >= 0.3 is 0 Å². The molecule has 0 radical (unpaired) electrons. The molecule has 1 N–H and O–H groups in total. The largest absolute Gasteiger partial charge is 0.360 e. The predicted octanol–water partition coefficient (Wildman–Crippen LogP) is 4.30. The lowest BCUT2D eigenvalue weighted by molar-refractivity contribution is 0.0995. The van der Waals surface area contributed by atoms with Crippen molar-refractivity contribution in [2.75, 3.05) is 0 Å². The average molecular weight is 432 g/mol. The minimum absolute atomic E-state index is 0.0189. The Labute approximate surface area is 182 Å². The number of aryl methyl sites for hydroxylation is 1. The molecular weight excluding hydrogens is 410 g/mol. The zero-order valence-electron chi connectivity index (χ0n) is 17.2. The third-order valence-corrected chi connectivity index (χ3v) is 6.47. The van der Waals surface area contributed by atoms with Gasteiger partial charge in [-0.25, -0.2) is 0 Å². The first-order chi connectivity index (χ1) is 15.1. The van der Waals surface area contributed by atoms with Crippen LogP contribution in [0.25, 0.3) is 27.6 Å². The molecule has 1 unspecified atom stereocenters. The second-order valence-corrected chi connectivity index (χ2v) is 8.77. The van der Waals surface area contributed by atoms with Crippen LogP contribution in [0.15, 0.2) is 64.7 Å². The van der Waals surface area contributed by atoms with Gasteiger partial charge in [-0.3, -0.25) is 18.6 Å². The summed E-state index contributed by atoms with van der Waals surface area (Å²) in [7, 11) is 0. The summed E-state index contributed by atoms with van der Waals surface area (Å²) >= 11 is 1.35. The number of Topliss-reactive ketones (excluding diaryl/α,β-unsaturated/α-hetero) is 1. The second-order valence-electron chi connectivity index (χ2n) is 7.46. The van der Waals surface area contributed by atoms with Crippen LogP contribution < -0.4 is 5.56 Å². The van der Waals surface area contributed by atoms with Gasteiger partial charge in [0, 0.05) is 29.2 Å². The van der Waals surface area contributed by atoms with Crippen LogP contribution in [-0.2, 0) is 6.54 Å². The number of H-pyrrole nitrogens is 1. The summed E-state index contributed by atoms with van der Waals surface area (Å²) < 4.78 is 3.54. The van der Waals surface area contributed by atoms with Crippen LogP contribution in [-0.4, -0.2) is 35.2 Å². The van der Waals surface area contributed by atoms with Crippen molar-refractivity contribution in [3.63, 3.8) is 0 Å². The molecule has 3 heterocycles. The number of rotatable bonds is 6. The Hall–Kier alpha value is -3.39. The number of ketones is 1. The van der Waals surface area contributed by atoms with Crippen LogP contribution in [0, 0.1) is 0 Å². The van der Waals surface area contributed by atoms with Crippen molar-refractivity contribution in [3.05, 3.63) is 70.6 Å². The van der Waals surface area contributed by atoms with Crippen molar-refractivity contribution in [2.24, 2.45) is 0 Å². The van der Waals surface area contributed by atoms with E-state index in [1.807, 2.05) is 66.8 Å². The number of benzene rings is 2. The summed E-state index contributed by atoms with van der Waals surface area (Å²) in [5.41, 5.74) is 2.27. The monoisotopic (exact) mass is 431 g/mol. The number of nitrogens with zero attached hydrogens (tertiary/aromatic N) is 4. The highest BCUT2D eigenvalue weighted by atomic mass is 32.2. The number of para-hydroxylation sites is 2. The van der Waals surface area contributed by atoms with E-state index in [4.69, 9.17) is 0 Å². The van der Waals surface area contributed by atoms with Gasteiger partial charge in [-0.05, 0) is 31.5 Å². The van der Waals surface area contributed by atoms with E-state index in [1.165, 1.54) is 11.8 Å². The molecule has 5 aromatic rings. The zero-order valence-corrected chi connectivity index (χ0v) is 18.0. The molecule has 0 spiro atoms. The molecule has 7 nitrogen and oxygen atoms in total. The molecule has 5 rings (SSSR count). The molecule has 0 amide bonds. The topological polar surface area (TPSA) is 85.0 Å². The third kappa shape index (κ3) is 3.14. The van der Waals surface area contributed by atoms with Gasteiger partial charge in [0.25, 0.3) is 5.56 Å². The van der Waals surface area contributed by atoms with Gasteiger partial charge in [0.1, 0.15) is 0 Å². The third-order valence-electron chi connectivity index (χ3n) is 5.43. The number of aromatic nitrogens is 5. The summed E-state index contributed by atoms with van der Waals surface area (Å²) in [5, 5.41) is 10.4. The Balaban J connectivity index is 1.59. The van der Waals surface area contributed by atoms with Crippen LogP contribution in [0.5, 0.6) is 0 Å². The average Bonchev–Trinajstić information content (AvgIpc) is 3.41. The number of carbonyl (C=O) groups excluding carboxylic acids is 1. The van der Waals surface area contributed by atoms with Crippen LogP contribution in [0.2, 0.25) is 0 Å². The fourth-order valence-electron chi connectivity index (χ4n) is 3.94. The van der Waals surface area contributed by atoms with Crippen molar-refractivity contribution in [1.29, 1.82) is 0 Å². The van der Waals surface area contributed by atoms with E-state index in [1.54, 1.807) is 10.8 Å². The van der Waals surface area contributed by atoms with E-state index in [0.29, 0.717) is 28.4 Å². The maximum atomic E-state index is 13.2. The van der Waals surface area contributed by atoms with E-state index in [9.17, 15) is 9.59 Å². The number of hydrogen-bond acceptors (Lipinski definition) is 5. The molecule has 31 heavy (non-hydrogen) atoms. The van der Waals surface area contributed by atoms with Gasteiger partial charge in [-0.15, -0.1) is 10.2 Å². The standard InChI is InChI=1S/C23H21N5O2S/c1-3-12-27-21(30)16-9-5-7-11-19(16)28-22(27)25-26-23(28)31-14(2)20(29)17-13-24-18-10-6-4-8-15(17)18/h4-11,13-14,24H,3,12H2,1-2H3. The SMILES string of the molecule is CCCn1c(=O)c2ccccc2n2c(SC(C)C(=O)c3c[nH]c4ccccc34)nnc12. The molecule has 2 aromatic carbocycles. The van der Waals surface area contributed by atoms with Crippen LogP contribution >= 0.6 is 11.8 Å². The first-order valence-electron chi connectivity index (χ1n) is 10.2. The number of aromatic amines is 1. The van der Waals surface area contributed by atoms with E-state index in [2.05, 4.69) is 15.2 Å². The van der Waals surface area contributed by atoms with E-state index in [0.717, 1.165) is 22.8 Å². The summed E-state index contributed by atoms with van der Waals surface area (Å²) in [4.78, 5) is 29.3. The summed E-state index contributed by atoms with van der Waals surface area (Å²) in [6, 6.07) is 15.2. The number of fused-ring (bicyclic) bond motifs is 4. The van der Waals surface area contributed by atoms with Gasteiger partial charge in [-0.1, -0.05) is 49.0 Å². The minimum Gasteiger partial charge on any atom is -0.360 e. The fourth-order valence-corrected chi connectivity index (χ4v) is 4.86. The van der Waals surface area contributed by atoms with Gasteiger partial charge in [0.15, 0.2) is 10.9 Å². The normalized spacial score (nSPS) is 12.7. The Kier molecular flexibility index (Phi) is 4.86. The lowest BCUT2D eigenvalue weighted by atomic mass is 10.1. The smallest absolute Gasteiger partial charge is 0.262 e. The predicted molar refractivity (Wildman–Crippen MR) is 123 cm³/mol. The molecule has 0 fully saturated rings. The Morgan fingerprint density at radius 2 is 1.84 bits per heavy atom. The Morgan fingerprint density at radius 1 is 1.10 bits per heavy atom. The zero-order chi connectivity index (χ0) is 21.5. The van der Waals surface area contributed by atoms with Crippen molar-refractivity contribution in [2.45, 2.75) is 37.2 Å². The van der Waals surface area contributed by atoms with Gasteiger partial charge in [-0.2, -0.15) is 0 Å². The number of nitrogens with one attached hydrogen (secondary N) is 1. The van der Waals surface area contributed by atoms with Crippen molar-refractivity contribution >= 4 is 45.1 Å². The first kappa shape index (κ1) is 19.6. The second kappa shape index (κ2) is 7.70. The molecule has 3 aromatic heterocycles. The van der Waals surface area contributed by atoms with E-state index in [-0.39, 0.29) is 16.6 Å². The van der Waals surface area contributed by atoms with E-state index < -0.39 is 0 Å². The first-order valence-corrected chi connectivity index (χ1v) is 11.1. The molecule has 0 bridgehead atoms. The number of hydrogen-bond donors (Lipinski definition) is 1. The summed E-state index contributed by atoms with van der Waals surface area (Å²) in [6.07, 6.45) is 2.57. The molecule has 0 aliphatic rings. The molecular formula is C23H21N5O2S. The quantitative estimate of drug-likeness (QED) is 0.320. The van der Waals surface area contributed by atoms with Crippen molar-refractivity contribution in [1.82, 2.24) is 24.1 Å². The summed E-state index contributed by atoms with van der Waals surface area (Å²) in [5.74, 6) is 0.519. The highest BCUT2D eigenvalue weighted by Crippen LogP contribution is 2.29. The molecule has 0 saturated heterocycles. The van der Waals surface area contributed by atoms with Crippen LogP contribution in [0.1, 0.15) is 30.6 Å². The molecule has 0 saturated carbocycles. The molecule has 0 aliphatic carbocycles. The van der Waals surface area contributed by atoms with Gasteiger partial charge in [0.2, 0.25) is 5.78 Å². The van der Waals surface area contributed by atoms with Crippen LogP contribution in [0.4, 0.5) is 0 Å². The number of carbonyl (C=O) groups is 1. The maximum absolute atomic E-state index is 13.2. The highest BCUT2D eigenvalue weighted by molar-refractivity contribution is 8.00. The van der Waals surface area contributed by atoms with Crippen molar-refractivity contribution in [3.8, 4) is 0 Å².